The first-order valence-electron chi connectivity index (χ1n) is 7.97. The van der Waals surface area contributed by atoms with Gasteiger partial charge < -0.3 is 4.43 Å². The maximum absolute atomic E-state index is 6.69. The van der Waals surface area contributed by atoms with Crippen LogP contribution < -0.4 is 10.4 Å². The third-order valence-electron chi connectivity index (χ3n) is 4.18. The summed E-state index contributed by atoms with van der Waals surface area (Å²) >= 11 is 0. The largest absolute Gasteiger partial charge is 0.403 e. The molecule has 23 heavy (non-hydrogen) atoms. The zero-order valence-electron chi connectivity index (χ0n) is 14.4. The summed E-state index contributed by atoms with van der Waals surface area (Å²) in [4.78, 5) is 0. The molecule has 0 radical (unpaired) electrons. The normalized spacial score (nSPS) is 12.0. The van der Waals surface area contributed by atoms with Gasteiger partial charge in [0.1, 0.15) is 0 Å². The van der Waals surface area contributed by atoms with Gasteiger partial charge in [-0.3, -0.25) is 0 Å². The highest BCUT2D eigenvalue weighted by atomic mass is 28.4. The van der Waals surface area contributed by atoms with Crippen molar-refractivity contribution >= 4 is 18.7 Å². The second kappa shape index (κ2) is 7.11. The maximum atomic E-state index is 6.69. The number of rotatable bonds is 6. The Hall–Kier alpha value is -1.90. The molecular formula is C21H26OSi. The molecule has 0 saturated carbocycles. The van der Waals surface area contributed by atoms with Crippen molar-refractivity contribution < 1.29 is 4.43 Å². The summed E-state index contributed by atoms with van der Waals surface area (Å²) < 4.78 is 6.69. The van der Waals surface area contributed by atoms with Crippen LogP contribution in [0, 0.1) is 0 Å². The second-order valence-corrected chi connectivity index (χ2v) is 11.1. The van der Waals surface area contributed by atoms with Crippen molar-refractivity contribution in [1.82, 2.24) is 0 Å². The van der Waals surface area contributed by atoms with Crippen LogP contribution in [0.2, 0.25) is 5.04 Å². The quantitative estimate of drug-likeness (QED) is 0.569. The van der Waals surface area contributed by atoms with E-state index in [0.717, 1.165) is 5.57 Å². The van der Waals surface area contributed by atoms with Crippen molar-refractivity contribution in [1.29, 1.82) is 0 Å². The molecule has 0 bridgehead atoms. The minimum atomic E-state index is -2.44. The third kappa shape index (κ3) is 3.54. The zero-order chi connectivity index (χ0) is 16.9. The van der Waals surface area contributed by atoms with Gasteiger partial charge in [-0.25, -0.2) is 0 Å². The first-order chi connectivity index (χ1) is 10.9. The fourth-order valence-corrected chi connectivity index (χ4v) is 7.58. The van der Waals surface area contributed by atoms with Crippen LogP contribution in [0.5, 0.6) is 0 Å². The summed E-state index contributed by atoms with van der Waals surface area (Å²) in [5.41, 5.74) is 0.915. The molecule has 0 spiro atoms. The topological polar surface area (TPSA) is 9.23 Å². The van der Waals surface area contributed by atoms with E-state index in [4.69, 9.17) is 4.43 Å². The Morgan fingerprint density at radius 3 is 1.74 bits per heavy atom. The van der Waals surface area contributed by atoms with Crippen LogP contribution in [0.3, 0.4) is 0 Å². The molecule has 0 atom stereocenters. The van der Waals surface area contributed by atoms with Gasteiger partial charge in [-0.1, -0.05) is 101 Å². The fourth-order valence-electron chi connectivity index (χ4n) is 3.02. The molecule has 120 valence electrons. The Kier molecular flexibility index (Phi) is 5.40. The summed E-state index contributed by atoms with van der Waals surface area (Å²) in [5, 5.41) is 2.57. The summed E-state index contributed by atoms with van der Waals surface area (Å²) in [5.74, 6) is 0. The molecule has 2 aromatic rings. The Bertz CT molecular complexity index is 614. The molecule has 0 amide bonds. The molecule has 0 aliphatic rings. The molecule has 0 N–H and O–H groups in total. The van der Waals surface area contributed by atoms with Crippen molar-refractivity contribution in [3.8, 4) is 0 Å². The molecule has 0 unspecified atom stereocenters. The van der Waals surface area contributed by atoms with Gasteiger partial charge >= 0.3 is 0 Å². The molecule has 0 fully saturated rings. The average molecular weight is 323 g/mol. The molecule has 2 aromatic carbocycles. The van der Waals surface area contributed by atoms with Gasteiger partial charge in [0.05, 0.1) is 6.61 Å². The predicted molar refractivity (Wildman–Crippen MR) is 103 cm³/mol. The van der Waals surface area contributed by atoms with Gasteiger partial charge in [-0.2, -0.15) is 0 Å². The lowest BCUT2D eigenvalue weighted by Gasteiger charge is -2.43. The predicted octanol–water partition coefficient (Wildman–Crippen LogP) is 4.31. The van der Waals surface area contributed by atoms with Crippen molar-refractivity contribution in [3.05, 3.63) is 85.5 Å². The van der Waals surface area contributed by atoms with E-state index in [-0.39, 0.29) is 5.04 Å². The highest BCUT2D eigenvalue weighted by molar-refractivity contribution is 6.99. The van der Waals surface area contributed by atoms with Gasteiger partial charge in [0.25, 0.3) is 8.32 Å². The van der Waals surface area contributed by atoms with Crippen LogP contribution in [-0.4, -0.2) is 14.9 Å². The van der Waals surface area contributed by atoms with Crippen molar-refractivity contribution in [2.45, 2.75) is 25.8 Å². The molecule has 0 heterocycles. The number of benzene rings is 2. The monoisotopic (exact) mass is 322 g/mol. The SMILES string of the molecule is C=CC(=C)CO[Si](c1ccccc1)(c1ccccc1)C(C)(C)C. The van der Waals surface area contributed by atoms with Crippen molar-refractivity contribution in [2.75, 3.05) is 6.61 Å². The number of hydrogen-bond acceptors (Lipinski definition) is 1. The fraction of sp³-hybridized carbons (Fsp3) is 0.238. The Labute approximate surface area is 141 Å². The van der Waals surface area contributed by atoms with E-state index in [1.807, 2.05) is 0 Å². The summed E-state index contributed by atoms with van der Waals surface area (Å²) in [6.45, 7) is 15.2. The maximum Gasteiger partial charge on any atom is 0.261 e. The Morgan fingerprint density at radius 2 is 1.39 bits per heavy atom. The van der Waals surface area contributed by atoms with Crippen molar-refractivity contribution in [3.63, 3.8) is 0 Å². The van der Waals surface area contributed by atoms with Crippen LogP contribution in [0.15, 0.2) is 85.5 Å². The van der Waals surface area contributed by atoms with Gasteiger partial charge in [-0.05, 0) is 21.0 Å². The molecule has 2 heteroatoms. The highest BCUT2D eigenvalue weighted by Gasteiger charge is 2.50. The molecule has 1 nitrogen and oxygen atoms in total. The lowest BCUT2D eigenvalue weighted by atomic mass is 10.2. The lowest BCUT2D eigenvalue weighted by Crippen LogP contribution is -2.66. The summed E-state index contributed by atoms with van der Waals surface area (Å²) in [7, 11) is -2.44. The van der Waals surface area contributed by atoms with Crippen LogP contribution in [0.4, 0.5) is 0 Å². The van der Waals surface area contributed by atoms with E-state index in [0.29, 0.717) is 6.61 Å². The molecule has 0 aromatic heterocycles. The van der Waals surface area contributed by atoms with Crippen LogP contribution in [0.1, 0.15) is 20.8 Å². The van der Waals surface area contributed by atoms with E-state index in [9.17, 15) is 0 Å². The molecule has 0 aliphatic carbocycles. The Morgan fingerprint density at radius 1 is 0.957 bits per heavy atom. The first kappa shape index (κ1) is 17.5. The van der Waals surface area contributed by atoms with Crippen LogP contribution in [-0.2, 0) is 4.43 Å². The molecule has 0 aliphatic heterocycles. The van der Waals surface area contributed by atoms with Crippen LogP contribution in [0.25, 0.3) is 0 Å². The lowest BCUT2D eigenvalue weighted by molar-refractivity contribution is 0.333. The highest BCUT2D eigenvalue weighted by Crippen LogP contribution is 2.36. The minimum Gasteiger partial charge on any atom is -0.403 e. The van der Waals surface area contributed by atoms with Crippen LogP contribution >= 0.6 is 0 Å². The first-order valence-corrected chi connectivity index (χ1v) is 9.88. The Balaban J connectivity index is 2.64. The van der Waals surface area contributed by atoms with E-state index in [1.165, 1.54) is 10.4 Å². The number of hydrogen-bond donors (Lipinski definition) is 0. The van der Waals surface area contributed by atoms with Gasteiger partial charge in [0.2, 0.25) is 0 Å². The third-order valence-corrected chi connectivity index (χ3v) is 9.16. The van der Waals surface area contributed by atoms with Crippen molar-refractivity contribution in [2.24, 2.45) is 0 Å². The average Bonchev–Trinajstić information content (AvgIpc) is 2.56. The van der Waals surface area contributed by atoms with E-state index >= 15 is 0 Å². The van der Waals surface area contributed by atoms with E-state index < -0.39 is 8.32 Å². The van der Waals surface area contributed by atoms with Gasteiger partial charge in [-0.15, -0.1) is 0 Å². The minimum absolute atomic E-state index is 0.00282. The van der Waals surface area contributed by atoms with Gasteiger partial charge in [0, 0.05) is 0 Å². The molecule has 2 rings (SSSR count). The zero-order valence-corrected chi connectivity index (χ0v) is 15.4. The standard InChI is InChI=1S/C21H26OSi/c1-6-18(2)17-22-23(21(3,4)5,19-13-9-7-10-14-19)20-15-11-8-12-16-20/h6-16H,1-2,17H2,3-5H3. The second-order valence-electron chi connectivity index (χ2n) is 6.81. The smallest absolute Gasteiger partial charge is 0.261 e. The van der Waals surface area contributed by atoms with Gasteiger partial charge in [0.15, 0.2) is 0 Å². The van der Waals surface area contributed by atoms with E-state index in [1.54, 1.807) is 6.08 Å². The molecular weight excluding hydrogens is 296 g/mol. The summed E-state index contributed by atoms with van der Waals surface area (Å²) in [6, 6.07) is 21.3. The molecule has 0 saturated heterocycles. The summed E-state index contributed by atoms with van der Waals surface area (Å²) in [6.07, 6.45) is 1.78. The van der Waals surface area contributed by atoms with E-state index in [2.05, 4.69) is 94.6 Å².